The Balaban J connectivity index is 1.99. The fourth-order valence-electron chi connectivity index (χ4n) is 2.19. The second-order valence-corrected chi connectivity index (χ2v) is 5.85. The van der Waals surface area contributed by atoms with Crippen LogP contribution in [-0.2, 0) is 25.6 Å². The molecule has 2 N–H and O–H groups in total. The third-order valence-corrected chi connectivity index (χ3v) is 3.89. The summed E-state index contributed by atoms with van der Waals surface area (Å²) in [6.45, 7) is 3.59. The number of carbonyl (C=O) groups excluding carboxylic acids is 2. The highest BCUT2D eigenvalue weighted by Gasteiger charge is 2.25. The van der Waals surface area contributed by atoms with Crippen LogP contribution in [0.3, 0.4) is 0 Å². The fourth-order valence-corrected chi connectivity index (χ4v) is 2.40. The van der Waals surface area contributed by atoms with Crippen LogP contribution in [0.25, 0.3) is 0 Å². The van der Waals surface area contributed by atoms with Gasteiger partial charge in [-0.3, -0.25) is 14.6 Å². The molecule has 0 aromatic carbocycles. The van der Waals surface area contributed by atoms with Crippen LogP contribution in [0.15, 0.2) is 11.3 Å². The minimum absolute atomic E-state index is 0.124. The summed E-state index contributed by atoms with van der Waals surface area (Å²) in [7, 11) is 0. The Hall–Kier alpha value is -2.13. The quantitative estimate of drug-likeness (QED) is 0.336. The molecule has 0 spiro atoms. The number of fused-ring (bicyclic) bond motifs is 1. The number of imidazole rings is 1. The fraction of sp³-hybridized carbons (Fsp3) is 0.571. The highest BCUT2D eigenvalue weighted by atomic mass is 35.5. The molecule has 0 fully saturated rings. The van der Waals surface area contributed by atoms with Gasteiger partial charge >= 0.3 is 11.9 Å². The molecule has 0 unspecified atom stereocenters. The van der Waals surface area contributed by atoms with Crippen LogP contribution in [0.1, 0.15) is 31.5 Å². The van der Waals surface area contributed by atoms with Crippen LogP contribution in [0.5, 0.6) is 0 Å². The van der Waals surface area contributed by atoms with Gasteiger partial charge in [0.2, 0.25) is 0 Å². The first-order chi connectivity index (χ1) is 11.4. The molecule has 132 valence electrons. The largest absolute Gasteiger partial charge is 0.465 e. The number of esters is 2. The maximum atomic E-state index is 11.0. The first kappa shape index (κ1) is 18.2. The second-order valence-electron chi connectivity index (χ2n) is 5.43. The van der Waals surface area contributed by atoms with Gasteiger partial charge in [0.1, 0.15) is 12.0 Å². The molecule has 9 nitrogen and oxygen atoms in total. The van der Waals surface area contributed by atoms with Crippen molar-refractivity contribution >= 4 is 35.7 Å². The number of nitrogens with zero attached hydrogens (tertiary/aromatic N) is 4. The predicted molar refractivity (Wildman–Crippen MR) is 86.4 cm³/mol. The number of hydrogen-bond acceptors (Lipinski definition) is 8. The van der Waals surface area contributed by atoms with Gasteiger partial charge in [0.15, 0.2) is 11.3 Å². The Kier molecular flexibility index (Phi) is 6.16. The Bertz CT molecular complexity index is 615. The Morgan fingerprint density at radius 3 is 2.54 bits per heavy atom. The number of aliphatic imine (C=N–C) groups is 1. The number of ether oxygens (including phenoxy) is 2. The number of aromatic nitrogens is 2. The van der Waals surface area contributed by atoms with Crippen molar-refractivity contribution in [2.75, 3.05) is 13.2 Å². The lowest BCUT2D eigenvalue weighted by Crippen LogP contribution is -2.33. The number of alkyl halides is 1. The molecular formula is C14H20ClN5O4. The summed E-state index contributed by atoms with van der Waals surface area (Å²) in [5.41, 5.74) is 0.00910. The van der Waals surface area contributed by atoms with Crippen LogP contribution < -0.4 is 5.84 Å². The molecule has 1 aliphatic rings. The van der Waals surface area contributed by atoms with E-state index in [1.807, 2.05) is 4.57 Å². The number of hydrogen-bond donors (Lipinski definition) is 1. The maximum Gasteiger partial charge on any atom is 0.302 e. The zero-order valence-corrected chi connectivity index (χ0v) is 14.3. The highest BCUT2D eigenvalue weighted by Crippen LogP contribution is 2.33. The molecule has 1 aliphatic heterocycles. The van der Waals surface area contributed by atoms with Gasteiger partial charge in [-0.15, -0.1) is 0 Å². The Morgan fingerprint density at radius 2 is 1.96 bits per heavy atom. The molecule has 1 aromatic rings. The van der Waals surface area contributed by atoms with Crippen LogP contribution >= 0.6 is 11.6 Å². The summed E-state index contributed by atoms with van der Waals surface area (Å²) < 4.78 is 11.9. The molecular weight excluding hydrogens is 338 g/mol. The van der Waals surface area contributed by atoms with E-state index in [1.54, 1.807) is 6.33 Å². The van der Waals surface area contributed by atoms with Gasteiger partial charge in [0.05, 0.1) is 19.5 Å². The van der Waals surface area contributed by atoms with E-state index in [4.69, 9.17) is 26.9 Å². The molecule has 24 heavy (non-hydrogen) atoms. The van der Waals surface area contributed by atoms with Crippen molar-refractivity contribution in [3.8, 4) is 0 Å². The number of halogens is 1. The van der Waals surface area contributed by atoms with Crippen molar-refractivity contribution in [1.82, 2.24) is 14.6 Å². The van der Waals surface area contributed by atoms with Gasteiger partial charge < -0.3 is 14.0 Å². The molecule has 0 bridgehead atoms. The lowest BCUT2D eigenvalue weighted by Gasteiger charge is -2.22. The van der Waals surface area contributed by atoms with Crippen molar-refractivity contribution in [1.29, 1.82) is 0 Å². The first-order valence-electron chi connectivity index (χ1n) is 7.41. The van der Waals surface area contributed by atoms with Gasteiger partial charge in [-0.25, -0.2) is 15.8 Å². The van der Waals surface area contributed by atoms with E-state index < -0.39 is 5.50 Å². The molecule has 1 aromatic heterocycles. The zero-order chi connectivity index (χ0) is 17.7. The van der Waals surface area contributed by atoms with Gasteiger partial charge in [-0.2, -0.15) is 0 Å². The van der Waals surface area contributed by atoms with E-state index in [-0.39, 0.29) is 31.1 Å². The second kappa shape index (κ2) is 8.11. The number of rotatable bonds is 7. The lowest BCUT2D eigenvalue weighted by atomic mass is 10.1. The van der Waals surface area contributed by atoms with Gasteiger partial charge in [-0.05, 0) is 6.42 Å². The van der Waals surface area contributed by atoms with Crippen LogP contribution in [0, 0.1) is 5.92 Å². The standard InChI is InChI=1S/C14H20ClN5O4/c1-9(21)23-5-11(6-24-10(2)22)3-4-19-7-17-12-13(15)20(16)8-18-14(12)19/h7-8,11,13H,3-6,16H2,1-2H3/t13-/m1/s1. The monoisotopic (exact) mass is 357 g/mol. The van der Waals surface area contributed by atoms with Crippen LogP contribution in [0.2, 0.25) is 0 Å². The van der Waals surface area contributed by atoms with Crippen molar-refractivity contribution < 1.29 is 19.1 Å². The van der Waals surface area contributed by atoms with Gasteiger partial charge in [0, 0.05) is 26.3 Å². The normalized spacial score (nSPS) is 16.2. The lowest BCUT2D eigenvalue weighted by molar-refractivity contribution is -0.146. The minimum atomic E-state index is -0.573. The average Bonchev–Trinajstić information content (AvgIpc) is 2.93. The van der Waals surface area contributed by atoms with E-state index in [0.717, 1.165) is 0 Å². The van der Waals surface area contributed by atoms with Crippen molar-refractivity contribution in [3.05, 3.63) is 12.0 Å². The van der Waals surface area contributed by atoms with Crippen molar-refractivity contribution in [2.45, 2.75) is 32.3 Å². The van der Waals surface area contributed by atoms with E-state index in [9.17, 15) is 9.59 Å². The van der Waals surface area contributed by atoms with E-state index in [0.29, 0.717) is 24.5 Å². The molecule has 0 aliphatic carbocycles. The molecule has 0 radical (unpaired) electrons. The number of aryl methyl sites for hydroxylation is 1. The van der Waals surface area contributed by atoms with Crippen molar-refractivity contribution in [3.63, 3.8) is 0 Å². The number of nitrogens with two attached hydrogens (primary N) is 1. The number of hydrazine groups is 1. The summed E-state index contributed by atoms with van der Waals surface area (Å²) in [4.78, 5) is 30.4. The third-order valence-electron chi connectivity index (χ3n) is 3.46. The summed E-state index contributed by atoms with van der Waals surface area (Å²) >= 11 is 6.16. The third kappa shape index (κ3) is 4.68. The molecule has 1 atom stereocenters. The minimum Gasteiger partial charge on any atom is -0.465 e. The van der Waals surface area contributed by atoms with Crippen LogP contribution in [0.4, 0.5) is 5.82 Å². The summed E-state index contributed by atoms with van der Waals surface area (Å²) in [5.74, 6) is 5.43. The Morgan fingerprint density at radius 1 is 1.33 bits per heavy atom. The number of carbonyl (C=O) groups is 2. The highest BCUT2D eigenvalue weighted by molar-refractivity contribution is 6.21. The van der Waals surface area contributed by atoms with Crippen molar-refractivity contribution in [2.24, 2.45) is 16.8 Å². The molecule has 2 heterocycles. The topological polar surface area (TPSA) is 112 Å². The van der Waals surface area contributed by atoms with Crippen LogP contribution in [-0.4, -0.2) is 46.1 Å². The molecule has 0 saturated carbocycles. The zero-order valence-electron chi connectivity index (χ0n) is 13.5. The Labute approximate surface area is 144 Å². The predicted octanol–water partition coefficient (Wildman–Crippen LogP) is 1.10. The first-order valence-corrected chi connectivity index (χ1v) is 7.85. The smallest absolute Gasteiger partial charge is 0.302 e. The summed E-state index contributed by atoms with van der Waals surface area (Å²) in [6.07, 6.45) is 3.68. The molecule has 2 rings (SSSR count). The molecule has 0 amide bonds. The summed E-state index contributed by atoms with van der Waals surface area (Å²) in [6, 6.07) is 0. The molecule has 10 heteroatoms. The average molecular weight is 358 g/mol. The van der Waals surface area contributed by atoms with Gasteiger partial charge in [0.25, 0.3) is 0 Å². The van der Waals surface area contributed by atoms with Gasteiger partial charge in [-0.1, -0.05) is 11.6 Å². The molecule has 0 saturated heterocycles. The van der Waals surface area contributed by atoms with E-state index in [1.165, 1.54) is 25.2 Å². The van der Waals surface area contributed by atoms with E-state index in [2.05, 4.69) is 9.98 Å². The SMILES string of the molecule is CC(=O)OCC(CCn1cnc2c1N=CN(N)[C@H]2Cl)COC(C)=O. The summed E-state index contributed by atoms with van der Waals surface area (Å²) in [5, 5.41) is 1.27. The maximum absolute atomic E-state index is 11.0. The van der Waals surface area contributed by atoms with E-state index >= 15 is 0 Å².